The van der Waals surface area contributed by atoms with Crippen LogP contribution >= 0.6 is 12.2 Å². The number of benzene rings is 2. The van der Waals surface area contributed by atoms with Crippen LogP contribution in [0.5, 0.6) is 0 Å². The average Bonchev–Trinajstić information content (AvgIpc) is 2.67. The van der Waals surface area contributed by atoms with Gasteiger partial charge in [0.05, 0.1) is 28.8 Å². The van der Waals surface area contributed by atoms with E-state index in [9.17, 15) is 13.2 Å². The van der Waals surface area contributed by atoms with Crippen molar-refractivity contribution in [1.82, 2.24) is 10.6 Å². The number of esters is 1. The van der Waals surface area contributed by atoms with Gasteiger partial charge in [-0.1, -0.05) is 42.5 Å². The number of sulfonamides is 1. The molecule has 146 valence electrons. The minimum atomic E-state index is -3.82. The third-order valence-electron chi connectivity index (χ3n) is 4.17. The van der Waals surface area contributed by atoms with Crippen molar-refractivity contribution in [3.05, 3.63) is 71.3 Å². The summed E-state index contributed by atoms with van der Waals surface area (Å²) in [4.78, 5) is 12.8. The molecule has 7 nitrogen and oxygen atoms in total. The lowest BCUT2D eigenvalue weighted by Gasteiger charge is -2.31. The van der Waals surface area contributed by atoms with E-state index in [1.165, 1.54) is 12.1 Å². The number of hydrogen-bond acceptors (Lipinski definition) is 5. The summed E-state index contributed by atoms with van der Waals surface area (Å²) in [6, 6.07) is 14.6. The first-order valence-corrected chi connectivity index (χ1v) is 10.4. The van der Waals surface area contributed by atoms with Crippen molar-refractivity contribution >= 4 is 39.0 Å². The van der Waals surface area contributed by atoms with E-state index in [-0.39, 0.29) is 11.5 Å². The summed E-state index contributed by atoms with van der Waals surface area (Å²) in [5.74, 6) is -0.496. The largest absolute Gasteiger partial charge is 0.463 e. The van der Waals surface area contributed by atoms with Crippen LogP contribution < -0.4 is 15.8 Å². The smallest absolute Gasteiger partial charge is 0.338 e. The highest BCUT2D eigenvalue weighted by Gasteiger charge is 2.33. The number of nitrogens with one attached hydrogen (secondary N) is 2. The number of ether oxygens (including phenoxy) is 1. The first kappa shape index (κ1) is 20.0. The van der Waals surface area contributed by atoms with Crippen LogP contribution in [0.4, 0.5) is 0 Å². The SMILES string of the molecule is CCOC(=O)C1=C(c2ccccc2)NC(=S)NC1c1ccc(S(N)(=O)=O)cc1. The predicted octanol–water partition coefficient (Wildman–Crippen LogP) is 1.83. The number of primary sulfonamides is 1. The van der Waals surface area contributed by atoms with Crippen molar-refractivity contribution in [2.75, 3.05) is 6.61 Å². The molecule has 0 saturated heterocycles. The molecule has 0 radical (unpaired) electrons. The van der Waals surface area contributed by atoms with Gasteiger partial charge in [0, 0.05) is 0 Å². The lowest BCUT2D eigenvalue weighted by atomic mass is 9.93. The Morgan fingerprint density at radius 2 is 1.79 bits per heavy atom. The molecule has 0 fully saturated rings. The van der Waals surface area contributed by atoms with Crippen molar-refractivity contribution in [1.29, 1.82) is 0 Å². The molecule has 28 heavy (non-hydrogen) atoms. The molecule has 1 atom stereocenters. The van der Waals surface area contributed by atoms with Gasteiger partial charge in [0.1, 0.15) is 0 Å². The fraction of sp³-hybridized carbons (Fsp3) is 0.158. The molecule has 1 unspecified atom stereocenters. The van der Waals surface area contributed by atoms with Gasteiger partial charge in [-0.15, -0.1) is 0 Å². The van der Waals surface area contributed by atoms with Gasteiger partial charge in [-0.2, -0.15) is 0 Å². The van der Waals surface area contributed by atoms with Crippen LogP contribution in [0.15, 0.2) is 65.1 Å². The molecule has 1 aliphatic heterocycles. The first-order chi connectivity index (χ1) is 13.3. The molecule has 1 aliphatic rings. The van der Waals surface area contributed by atoms with Crippen molar-refractivity contribution in [2.24, 2.45) is 5.14 Å². The van der Waals surface area contributed by atoms with Gasteiger partial charge in [0.15, 0.2) is 5.11 Å². The molecule has 3 rings (SSSR count). The first-order valence-electron chi connectivity index (χ1n) is 8.48. The number of nitrogens with two attached hydrogens (primary N) is 1. The predicted molar refractivity (Wildman–Crippen MR) is 109 cm³/mol. The molecular formula is C19H19N3O4S2. The normalized spacial score (nSPS) is 16.9. The molecule has 1 heterocycles. The summed E-state index contributed by atoms with van der Waals surface area (Å²) in [7, 11) is -3.82. The summed E-state index contributed by atoms with van der Waals surface area (Å²) >= 11 is 5.32. The van der Waals surface area contributed by atoms with E-state index >= 15 is 0 Å². The van der Waals surface area contributed by atoms with Crippen molar-refractivity contribution in [3.8, 4) is 0 Å². The van der Waals surface area contributed by atoms with E-state index in [0.717, 1.165) is 5.56 Å². The number of hydrogen-bond donors (Lipinski definition) is 3. The van der Waals surface area contributed by atoms with Crippen LogP contribution in [0.3, 0.4) is 0 Å². The molecule has 4 N–H and O–H groups in total. The van der Waals surface area contributed by atoms with Gasteiger partial charge >= 0.3 is 5.97 Å². The third kappa shape index (κ3) is 4.22. The van der Waals surface area contributed by atoms with Crippen molar-refractivity contribution < 1.29 is 17.9 Å². The zero-order valence-corrected chi connectivity index (χ0v) is 16.6. The fourth-order valence-corrected chi connectivity index (χ4v) is 3.66. The second-order valence-corrected chi connectivity index (χ2v) is 7.99. The Morgan fingerprint density at radius 1 is 1.14 bits per heavy atom. The number of rotatable bonds is 5. The maximum absolute atomic E-state index is 12.8. The Bertz CT molecular complexity index is 1030. The maximum Gasteiger partial charge on any atom is 0.338 e. The molecule has 0 spiro atoms. The Balaban J connectivity index is 2.14. The van der Waals surface area contributed by atoms with Crippen molar-refractivity contribution in [3.63, 3.8) is 0 Å². The number of carbonyl (C=O) groups is 1. The van der Waals surface area contributed by atoms with Crippen LogP contribution in [0.25, 0.3) is 5.70 Å². The van der Waals surface area contributed by atoms with E-state index < -0.39 is 22.0 Å². The zero-order chi connectivity index (χ0) is 20.3. The van der Waals surface area contributed by atoms with Gasteiger partial charge in [-0.25, -0.2) is 18.4 Å². The van der Waals surface area contributed by atoms with E-state index in [1.807, 2.05) is 30.3 Å². The fourth-order valence-electron chi connectivity index (χ4n) is 2.93. The molecule has 0 aliphatic carbocycles. The van der Waals surface area contributed by atoms with Crippen LogP contribution in [0, 0.1) is 0 Å². The van der Waals surface area contributed by atoms with Crippen molar-refractivity contribution in [2.45, 2.75) is 17.9 Å². The third-order valence-corrected chi connectivity index (χ3v) is 5.32. The lowest BCUT2D eigenvalue weighted by Crippen LogP contribution is -2.45. The summed E-state index contributed by atoms with van der Waals surface area (Å²) in [5.41, 5.74) is 2.32. The Hall–Kier alpha value is -2.75. The van der Waals surface area contributed by atoms with Gasteiger partial charge < -0.3 is 15.4 Å². The topological polar surface area (TPSA) is 111 Å². The summed E-state index contributed by atoms with van der Waals surface area (Å²) in [6.45, 7) is 1.94. The maximum atomic E-state index is 12.8. The van der Waals surface area contributed by atoms with Crippen LogP contribution in [-0.2, 0) is 19.6 Å². The minimum Gasteiger partial charge on any atom is -0.463 e. The minimum absolute atomic E-state index is 0.0160. The zero-order valence-electron chi connectivity index (χ0n) is 15.0. The van der Waals surface area contributed by atoms with Gasteiger partial charge in [-0.05, 0) is 42.4 Å². The highest BCUT2D eigenvalue weighted by atomic mass is 32.2. The van der Waals surface area contributed by atoms with E-state index in [1.54, 1.807) is 19.1 Å². The molecule has 2 aromatic carbocycles. The van der Waals surface area contributed by atoms with E-state index in [0.29, 0.717) is 21.9 Å². The Labute approximate surface area is 168 Å². The van der Waals surface area contributed by atoms with Crippen LogP contribution in [0.2, 0.25) is 0 Å². The number of thiocarbonyl (C=S) groups is 1. The van der Waals surface area contributed by atoms with Gasteiger partial charge in [0.25, 0.3) is 0 Å². The van der Waals surface area contributed by atoms with Gasteiger partial charge in [-0.3, -0.25) is 0 Å². The Kier molecular flexibility index (Phi) is 5.78. The molecular weight excluding hydrogens is 398 g/mol. The summed E-state index contributed by atoms with van der Waals surface area (Å²) in [5, 5.41) is 11.6. The summed E-state index contributed by atoms with van der Waals surface area (Å²) in [6.07, 6.45) is 0. The second-order valence-electron chi connectivity index (χ2n) is 6.02. The Morgan fingerprint density at radius 3 is 2.36 bits per heavy atom. The summed E-state index contributed by atoms with van der Waals surface area (Å²) < 4.78 is 28.3. The van der Waals surface area contributed by atoms with Crippen LogP contribution in [-0.4, -0.2) is 26.1 Å². The highest BCUT2D eigenvalue weighted by Crippen LogP contribution is 2.32. The van der Waals surface area contributed by atoms with Crippen LogP contribution in [0.1, 0.15) is 24.1 Å². The molecule has 9 heteroatoms. The lowest BCUT2D eigenvalue weighted by molar-refractivity contribution is -0.138. The standard InChI is InChI=1S/C19H19N3O4S2/c1-2-26-18(23)15-16(12-6-4-3-5-7-12)21-19(27)22-17(15)13-8-10-14(11-9-13)28(20,24)25/h3-11,17H,2H2,1H3,(H2,20,24,25)(H2,21,22,27). The quantitative estimate of drug-likeness (QED) is 0.503. The molecule has 0 amide bonds. The van der Waals surface area contributed by atoms with Gasteiger partial charge in [0.2, 0.25) is 10.0 Å². The van der Waals surface area contributed by atoms with E-state index in [4.69, 9.17) is 22.1 Å². The molecule has 0 saturated carbocycles. The second kappa shape index (κ2) is 8.09. The number of carbonyl (C=O) groups excluding carboxylic acids is 1. The molecule has 2 aromatic rings. The highest BCUT2D eigenvalue weighted by molar-refractivity contribution is 7.89. The molecule has 0 aromatic heterocycles. The van der Waals surface area contributed by atoms with E-state index in [2.05, 4.69) is 10.6 Å². The average molecular weight is 418 g/mol. The monoisotopic (exact) mass is 417 g/mol. The molecule has 0 bridgehead atoms.